The minimum absolute atomic E-state index is 0.107. The molecule has 0 radical (unpaired) electrons. The maximum Gasteiger partial charge on any atom is 0.326 e. The zero-order valence-electron chi connectivity index (χ0n) is 11.0. The largest absolute Gasteiger partial charge is 0.480 e. The second kappa shape index (κ2) is 7.78. The zero-order chi connectivity index (χ0) is 14.3. The number of carbonyl (C=O) groups excluding carboxylic acids is 1. The van der Waals surface area contributed by atoms with E-state index in [1.54, 1.807) is 24.0 Å². The molecule has 0 aliphatic carbocycles. The number of hydrogen-bond acceptors (Lipinski definition) is 4. The van der Waals surface area contributed by atoms with E-state index in [0.29, 0.717) is 17.9 Å². The van der Waals surface area contributed by atoms with Crippen LogP contribution in [0.1, 0.15) is 17.7 Å². The summed E-state index contributed by atoms with van der Waals surface area (Å²) in [5.74, 6) is -0.615. The van der Waals surface area contributed by atoms with E-state index in [9.17, 15) is 9.59 Å². The van der Waals surface area contributed by atoms with Gasteiger partial charge in [0.1, 0.15) is 6.04 Å². The van der Waals surface area contributed by atoms with Crippen molar-refractivity contribution < 1.29 is 14.7 Å². The SMILES string of the molecule is CSCCC(NC(=O)Cc1ncccc1C)C(=O)O. The van der Waals surface area contributed by atoms with Crippen molar-refractivity contribution in [3.05, 3.63) is 29.6 Å². The third-order valence-electron chi connectivity index (χ3n) is 2.69. The molecule has 0 aliphatic heterocycles. The van der Waals surface area contributed by atoms with Crippen LogP contribution in [0, 0.1) is 6.92 Å². The molecule has 2 N–H and O–H groups in total. The molecule has 5 nitrogen and oxygen atoms in total. The highest BCUT2D eigenvalue weighted by Crippen LogP contribution is 2.05. The van der Waals surface area contributed by atoms with Crippen LogP contribution >= 0.6 is 11.8 Å². The van der Waals surface area contributed by atoms with Crippen molar-refractivity contribution >= 4 is 23.6 Å². The molecular weight excluding hydrogens is 264 g/mol. The molecule has 0 aliphatic rings. The van der Waals surface area contributed by atoms with Crippen LogP contribution in [-0.4, -0.2) is 40.0 Å². The molecular formula is C13H18N2O3S. The lowest BCUT2D eigenvalue weighted by Gasteiger charge is -2.14. The van der Waals surface area contributed by atoms with Crippen molar-refractivity contribution in [3.8, 4) is 0 Å². The summed E-state index contributed by atoms with van der Waals surface area (Å²) in [5.41, 5.74) is 1.60. The van der Waals surface area contributed by atoms with E-state index < -0.39 is 12.0 Å². The zero-order valence-corrected chi connectivity index (χ0v) is 11.9. The number of thioether (sulfide) groups is 1. The van der Waals surface area contributed by atoms with Gasteiger partial charge in [-0.25, -0.2) is 4.79 Å². The van der Waals surface area contributed by atoms with Crippen LogP contribution in [0.4, 0.5) is 0 Å². The second-order valence-electron chi connectivity index (χ2n) is 4.18. The Bertz CT molecular complexity index is 451. The Morgan fingerprint density at radius 3 is 2.84 bits per heavy atom. The van der Waals surface area contributed by atoms with E-state index >= 15 is 0 Å². The van der Waals surface area contributed by atoms with E-state index in [0.717, 1.165) is 5.56 Å². The number of nitrogens with zero attached hydrogens (tertiary/aromatic N) is 1. The fourth-order valence-electron chi connectivity index (χ4n) is 1.59. The number of nitrogens with one attached hydrogen (secondary N) is 1. The lowest BCUT2D eigenvalue weighted by Crippen LogP contribution is -2.42. The van der Waals surface area contributed by atoms with Gasteiger partial charge < -0.3 is 10.4 Å². The first-order valence-electron chi connectivity index (χ1n) is 5.96. The molecule has 0 saturated heterocycles. The summed E-state index contributed by atoms with van der Waals surface area (Å²) >= 11 is 1.55. The van der Waals surface area contributed by atoms with E-state index in [-0.39, 0.29) is 12.3 Å². The van der Waals surface area contributed by atoms with Gasteiger partial charge in [0.05, 0.1) is 12.1 Å². The van der Waals surface area contributed by atoms with Crippen LogP contribution in [0.15, 0.2) is 18.3 Å². The Hall–Kier alpha value is -1.56. The third-order valence-corrected chi connectivity index (χ3v) is 3.33. The summed E-state index contributed by atoms with van der Waals surface area (Å²) in [4.78, 5) is 27.0. The highest BCUT2D eigenvalue weighted by atomic mass is 32.2. The predicted molar refractivity (Wildman–Crippen MR) is 75.2 cm³/mol. The summed E-state index contributed by atoms with van der Waals surface area (Å²) in [6, 6.07) is 2.84. The highest BCUT2D eigenvalue weighted by molar-refractivity contribution is 7.98. The van der Waals surface area contributed by atoms with Crippen LogP contribution in [0.3, 0.4) is 0 Å². The molecule has 1 unspecified atom stereocenters. The molecule has 1 atom stereocenters. The Morgan fingerprint density at radius 1 is 1.53 bits per heavy atom. The fourth-order valence-corrected chi connectivity index (χ4v) is 2.07. The third kappa shape index (κ3) is 5.30. The predicted octanol–water partition coefficient (Wildman–Crippen LogP) is 1.26. The fraction of sp³-hybridized carbons (Fsp3) is 0.462. The number of aromatic nitrogens is 1. The number of pyridine rings is 1. The van der Waals surface area contributed by atoms with Crippen LogP contribution < -0.4 is 5.32 Å². The van der Waals surface area contributed by atoms with Gasteiger partial charge in [0, 0.05) is 6.20 Å². The molecule has 1 aromatic rings. The molecule has 1 heterocycles. The molecule has 0 fully saturated rings. The highest BCUT2D eigenvalue weighted by Gasteiger charge is 2.19. The van der Waals surface area contributed by atoms with E-state index in [2.05, 4.69) is 10.3 Å². The molecule has 19 heavy (non-hydrogen) atoms. The molecule has 1 rings (SSSR count). The molecule has 1 amide bonds. The number of amides is 1. The Kier molecular flexibility index (Phi) is 6.35. The molecule has 6 heteroatoms. The maximum atomic E-state index is 11.8. The lowest BCUT2D eigenvalue weighted by molar-refractivity contribution is -0.141. The van der Waals surface area contributed by atoms with Crippen LogP contribution in [0.25, 0.3) is 0 Å². The van der Waals surface area contributed by atoms with E-state index in [1.807, 2.05) is 19.2 Å². The average Bonchev–Trinajstić information content (AvgIpc) is 2.37. The molecule has 1 aromatic heterocycles. The van der Waals surface area contributed by atoms with Crippen LogP contribution in [0.5, 0.6) is 0 Å². The van der Waals surface area contributed by atoms with Gasteiger partial charge in [0.25, 0.3) is 0 Å². The van der Waals surface area contributed by atoms with Gasteiger partial charge in [0.15, 0.2) is 0 Å². The van der Waals surface area contributed by atoms with Crippen LogP contribution in [-0.2, 0) is 16.0 Å². The van der Waals surface area contributed by atoms with Crippen molar-refractivity contribution in [1.29, 1.82) is 0 Å². The topological polar surface area (TPSA) is 79.3 Å². The Labute approximate surface area is 116 Å². The van der Waals surface area contributed by atoms with Gasteiger partial charge >= 0.3 is 5.97 Å². The van der Waals surface area contributed by atoms with Crippen LogP contribution in [0.2, 0.25) is 0 Å². The standard InChI is InChI=1S/C13H18N2O3S/c1-9-4-3-6-14-11(9)8-12(16)15-10(13(17)18)5-7-19-2/h3-4,6,10H,5,7-8H2,1-2H3,(H,15,16)(H,17,18). The van der Waals surface area contributed by atoms with Gasteiger partial charge in [-0.2, -0.15) is 11.8 Å². The average molecular weight is 282 g/mol. The number of rotatable bonds is 7. The van der Waals surface area contributed by atoms with E-state index in [1.165, 1.54) is 0 Å². The van der Waals surface area contributed by atoms with Gasteiger partial charge in [-0.3, -0.25) is 9.78 Å². The van der Waals surface area contributed by atoms with Crippen molar-refractivity contribution in [2.24, 2.45) is 0 Å². The summed E-state index contributed by atoms with van der Waals surface area (Å²) < 4.78 is 0. The first-order valence-corrected chi connectivity index (χ1v) is 7.35. The second-order valence-corrected chi connectivity index (χ2v) is 5.17. The van der Waals surface area contributed by atoms with Gasteiger partial charge in [-0.05, 0) is 37.0 Å². The molecule has 104 valence electrons. The van der Waals surface area contributed by atoms with Crippen molar-refractivity contribution in [2.75, 3.05) is 12.0 Å². The number of carbonyl (C=O) groups is 2. The molecule has 0 saturated carbocycles. The monoisotopic (exact) mass is 282 g/mol. The summed E-state index contributed by atoms with van der Waals surface area (Å²) in [6.07, 6.45) is 4.05. The number of hydrogen-bond donors (Lipinski definition) is 2. The minimum Gasteiger partial charge on any atom is -0.480 e. The van der Waals surface area contributed by atoms with Gasteiger partial charge in [-0.15, -0.1) is 0 Å². The Balaban J connectivity index is 2.58. The summed E-state index contributed by atoms with van der Waals surface area (Å²) in [5, 5.41) is 11.6. The van der Waals surface area contributed by atoms with E-state index in [4.69, 9.17) is 5.11 Å². The van der Waals surface area contributed by atoms with Crippen molar-refractivity contribution in [2.45, 2.75) is 25.8 Å². The summed E-state index contributed by atoms with van der Waals surface area (Å²) in [6.45, 7) is 1.87. The number of carboxylic acid groups (broad SMARTS) is 1. The first kappa shape index (κ1) is 15.5. The smallest absolute Gasteiger partial charge is 0.326 e. The summed E-state index contributed by atoms with van der Waals surface area (Å²) in [7, 11) is 0. The number of aryl methyl sites for hydroxylation is 1. The van der Waals surface area contributed by atoms with Crippen molar-refractivity contribution in [3.63, 3.8) is 0 Å². The number of carboxylic acids is 1. The first-order chi connectivity index (χ1) is 9.04. The quantitative estimate of drug-likeness (QED) is 0.787. The molecule has 0 spiro atoms. The molecule has 0 bridgehead atoms. The van der Waals surface area contributed by atoms with Gasteiger partial charge in [-0.1, -0.05) is 6.07 Å². The van der Waals surface area contributed by atoms with Gasteiger partial charge in [0.2, 0.25) is 5.91 Å². The maximum absolute atomic E-state index is 11.8. The van der Waals surface area contributed by atoms with Crippen molar-refractivity contribution in [1.82, 2.24) is 10.3 Å². The number of aliphatic carboxylic acids is 1. The Morgan fingerprint density at radius 2 is 2.26 bits per heavy atom. The normalized spacial score (nSPS) is 11.9. The molecule has 0 aromatic carbocycles. The lowest BCUT2D eigenvalue weighted by atomic mass is 10.1. The minimum atomic E-state index is -1.000.